The molecule has 2 heterocycles. The van der Waals surface area contributed by atoms with Crippen LogP contribution in [0.4, 0.5) is 5.82 Å². The zero-order valence-corrected chi connectivity index (χ0v) is 8.89. The fraction of sp³-hybridized carbons (Fsp3) is 0.600. The Morgan fingerprint density at radius 2 is 1.79 bits per heavy atom. The van der Waals surface area contributed by atoms with E-state index >= 15 is 0 Å². The van der Waals surface area contributed by atoms with E-state index in [-0.39, 0.29) is 0 Å². The van der Waals surface area contributed by atoms with E-state index < -0.39 is 0 Å². The standard InChI is InChI=1S/C10H13N3S/c1-2-8(1)9-3-5-13(6-4-9)10-7-11-14-12-10/h7H,1-6H2. The van der Waals surface area contributed by atoms with E-state index in [2.05, 4.69) is 13.6 Å². The Morgan fingerprint density at radius 3 is 2.36 bits per heavy atom. The van der Waals surface area contributed by atoms with Crippen molar-refractivity contribution in [3.05, 3.63) is 17.3 Å². The molecule has 1 saturated heterocycles. The number of nitrogens with zero attached hydrogens (tertiary/aromatic N) is 3. The molecule has 3 rings (SSSR count). The smallest absolute Gasteiger partial charge is 0.162 e. The Morgan fingerprint density at radius 1 is 1.07 bits per heavy atom. The lowest BCUT2D eigenvalue weighted by Crippen LogP contribution is -2.30. The van der Waals surface area contributed by atoms with Gasteiger partial charge in [-0.3, -0.25) is 0 Å². The highest BCUT2D eigenvalue weighted by Gasteiger charge is 2.22. The van der Waals surface area contributed by atoms with Crippen LogP contribution in [0.1, 0.15) is 25.7 Å². The van der Waals surface area contributed by atoms with E-state index in [9.17, 15) is 0 Å². The van der Waals surface area contributed by atoms with Gasteiger partial charge < -0.3 is 4.90 Å². The highest BCUT2D eigenvalue weighted by Crippen LogP contribution is 2.36. The number of piperidine rings is 1. The molecule has 2 aliphatic rings. The number of anilines is 1. The Labute approximate surface area is 87.8 Å². The lowest BCUT2D eigenvalue weighted by atomic mass is 10.0. The largest absolute Gasteiger partial charge is 0.354 e. The van der Waals surface area contributed by atoms with E-state index in [4.69, 9.17) is 0 Å². The third-order valence-corrected chi connectivity index (χ3v) is 3.51. The van der Waals surface area contributed by atoms with Crippen molar-refractivity contribution in [1.82, 2.24) is 8.75 Å². The summed E-state index contributed by atoms with van der Waals surface area (Å²) in [5.74, 6) is 1.06. The third kappa shape index (κ3) is 1.54. The average molecular weight is 207 g/mol. The summed E-state index contributed by atoms with van der Waals surface area (Å²) < 4.78 is 8.31. The maximum Gasteiger partial charge on any atom is 0.162 e. The summed E-state index contributed by atoms with van der Waals surface area (Å²) in [7, 11) is 0. The molecule has 14 heavy (non-hydrogen) atoms. The molecule has 1 aromatic heterocycles. The van der Waals surface area contributed by atoms with Crippen LogP contribution in [0.15, 0.2) is 17.3 Å². The predicted octanol–water partition coefficient (Wildman–Crippen LogP) is 2.23. The molecule has 4 heteroatoms. The van der Waals surface area contributed by atoms with E-state index in [0.29, 0.717) is 0 Å². The molecular formula is C10H13N3S. The second-order valence-corrected chi connectivity index (χ2v) is 4.52. The van der Waals surface area contributed by atoms with E-state index in [1.807, 2.05) is 6.20 Å². The van der Waals surface area contributed by atoms with Crippen LogP contribution in [0.25, 0.3) is 0 Å². The molecule has 0 spiro atoms. The van der Waals surface area contributed by atoms with Gasteiger partial charge in [-0.05, 0) is 25.7 Å². The minimum absolute atomic E-state index is 1.06. The molecule has 0 N–H and O–H groups in total. The topological polar surface area (TPSA) is 29.0 Å². The van der Waals surface area contributed by atoms with Gasteiger partial charge in [-0.2, -0.15) is 8.75 Å². The van der Waals surface area contributed by atoms with E-state index in [1.165, 1.54) is 37.4 Å². The summed E-state index contributed by atoms with van der Waals surface area (Å²) in [5.41, 5.74) is 3.46. The van der Waals surface area contributed by atoms with Crippen molar-refractivity contribution in [2.24, 2.45) is 0 Å². The lowest BCUT2D eigenvalue weighted by Gasteiger charge is -2.28. The second-order valence-electron chi connectivity index (χ2n) is 3.96. The molecule has 1 aromatic rings. The Bertz CT molecular complexity index is 339. The fourth-order valence-corrected chi connectivity index (χ4v) is 2.51. The van der Waals surface area contributed by atoms with Crippen molar-refractivity contribution < 1.29 is 0 Å². The van der Waals surface area contributed by atoms with Crippen LogP contribution in [0, 0.1) is 0 Å². The molecule has 0 aromatic carbocycles. The summed E-state index contributed by atoms with van der Waals surface area (Å²) in [4.78, 5) is 2.34. The maximum absolute atomic E-state index is 4.27. The van der Waals surface area contributed by atoms with Crippen LogP contribution in [0.2, 0.25) is 0 Å². The summed E-state index contributed by atoms with van der Waals surface area (Å²) >= 11 is 1.30. The fourth-order valence-electron chi connectivity index (χ4n) is 2.07. The highest BCUT2D eigenvalue weighted by molar-refractivity contribution is 6.99. The molecule has 0 radical (unpaired) electrons. The Hall–Kier alpha value is -0.900. The molecule has 74 valence electrons. The third-order valence-electron chi connectivity index (χ3n) is 3.04. The first kappa shape index (κ1) is 8.41. The number of allylic oxidation sites excluding steroid dienone is 1. The Kier molecular flexibility index (Phi) is 2.01. The van der Waals surface area contributed by atoms with Gasteiger partial charge >= 0.3 is 0 Å². The lowest BCUT2D eigenvalue weighted by molar-refractivity contribution is 0.677. The van der Waals surface area contributed by atoms with Crippen LogP contribution in [0.5, 0.6) is 0 Å². The van der Waals surface area contributed by atoms with Crippen molar-refractivity contribution in [3.63, 3.8) is 0 Å². The van der Waals surface area contributed by atoms with Crippen LogP contribution >= 0.6 is 11.7 Å². The van der Waals surface area contributed by atoms with Gasteiger partial charge in [0.15, 0.2) is 5.82 Å². The number of rotatable bonds is 1. The maximum atomic E-state index is 4.27. The minimum Gasteiger partial charge on any atom is -0.354 e. The first-order valence-electron chi connectivity index (χ1n) is 5.16. The quantitative estimate of drug-likeness (QED) is 0.661. The first-order valence-corrected chi connectivity index (χ1v) is 5.89. The highest BCUT2D eigenvalue weighted by atomic mass is 32.1. The van der Waals surface area contributed by atoms with Crippen molar-refractivity contribution in [2.45, 2.75) is 25.7 Å². The Balaban J connectivity index is 1.68. The van der Waals surface area contributed by atoms with Gasteiger partial charge in [0.25, 0.3) is 0 Å². The van der Waals surface area contributed by atoms with Gasteiger partial charge in [0, 0.05) is 13.1 Å². The van der Waals surface area contributed by atoms with E-state index in [0.717, 1.165) is 18.9 Å². The van der Waals surface area contributed by atoms with Crippen molar-refractivity contribution >= 4 is 17.5 Å². The predicted molar refractivity (Wildman–Crippen MR) is 57.6 cm³/mol. The average Bonchev–Trinajstić information content (AvgIpc) is 2.94. The zero-order valence-electron chi connectivity index (χ0n) is 8.07. The monoisotopic (exact) mass is 207 g/mol. The van der Waals surface area contributed by atoms with Gasteiger partial charge in [0.2, 0.25) is 0 Å². The molecule has 2 fully saturated rings. The first-order chi connectivity index (χ1) is 6.93. The molecule has 0 atom stereocenters. The summed E-state index contributed by atoms with van der Waals surface area (Å²) in [6.45, 7) is 2.26. The molecule has 0 bridgehead atoms. The minimum atomic E-state index is 1.06. The van der Waals surface area contributed by atoms with Crippen LogP contribution < -0.4 is 4.90 Å². The number of hydrogen-bond acceptors (Lipinski definition) is 4. The van der Waals surface area contributed by atoms with Gasteiger partial charge in [0.1, 0.15) is 0 Å². The molecule has 1 saturated carbocycles. The summed E-state index contributed by atoms with van der Waals surface area (Å²) in [6.07, 6.45) is 7.10. The molecule has 0 amide bonds. The van der Waals surface area contributed by atoms with Crippen molar-refractivity contribution in [1.29, 1.82) is 0 Å². The van der Waals surface area contributed by atoms with Crippen LogP contribution in [0.3, 0.4) is 0 Å². The normalized spacial score (nSPS) is 21.6. The molecular weight excluding hydrogens is 194 g/mol. The van der Waals surface area contributed by atoms with Gasteiger partial charge in [-0.15, -0.1) is 0 Å². The van der Waals surface area contributed by atoms with Crippen LogP contribution in [-0.4, -0.2) is 21.8 Å². The molecule has 1 aliphatic heterocycles. The molecule has 1 aliphatic carbocycles. The molecule has 3 nitrogen and oxygen atoms in total. The van der Waals surface area contributed by atoms with Gasteiger partial charge in [0.05, 0.1) is 17.9 Å². The zero-order chi connectivity index (χ0) is 9.38. The van der Waals surface area contributed by atoms with Crippen molar-refractivity contribution in [3.8, 4) is 0 Å². The van der Waals surface area contributed by atoms with E-state index in [1.54, 1.807) is 11.1 Å². The van der Waals surface area contributed by atoms with Crippen LogP contribution in [-0.2, 0) is 0 Å². The number of hydrogen-bond donors (Lipinski definition) is 0. The van der Waals surface area contributed by atoms with Gasteiger partial charge in [-0.1, -0.05) is 11.1 Å². The number of aromatic nitrogens is 2. The SMILES string of the molecule is c1nsnc1N1CCC(=C2CC2)CC1. The molecule has 0 unspecified atom stereocenters. The second kappa shape index (κ2) is 3.35. The van der Waals surface area contributed by atoms with Gasteiger partial charge in [-0.25, -0.2) is 0 Å². The summed E-state index contributed by atoms with van der Waals surface area (Å²) in [6, 6.07) is 0. The summed E-state index contributed by atoms with van der Waals surface area (Å²) in [5, 5.41) is 0. The van der Waals surface area contributed by atoms with Crippen molar-refractivity contribution in [2.75, 3.05) is 18.0 Å².